The summed E-state index contributed by atoms with van der Waals surface area (Å²) in [5.41, 5.74) is 0.343. The van der Waals surface area contributed by atoms with Gasteiger partial charge in [-0.2, -0.15) is 5.26 Å². The zero-order valence-corrected chi connectivity index (χ0v) is 9.65. The van der Waals surface area contributed by atoms with Crippen LogP contribution in [0, 0.1) is 23.0 Å². The predicted octanol–water partition coefficient (Wildman–Crippen LogP) is 3.09. The molecule has 2 rings (SSSR count). The van der Waals surface area contributed by atoms with Crippen LogP contribution in [0.3, 0.4) is 0 Å². The molecule has 0 aromatic heterocycles. The van der Waals surface area contributed by atoms with Gasteiger partial charge < -0.3 is 5.32 Å². The Balaban J connectivity index is 2.20. The normalized spacial score (nSPS) is 9.74. The van der Waals surface area contributed by atoms with E-state index in [0.717, 1.165) is 18.2 Å². The number of carbonyl (C=O) groups is 1. The van der Waals surface area contributed by atoms with Gasteiger partial charge in [0.25, 0.3) is 5.91 Å². The number of amides is 1. The number of anilines is 1. The first kappa shape index (κ1) is 12.7. The average molecular weight is 258 g/mol. The minimum Gasteiger partial charge on any atom is -0.319 e. The van der Waals surface area contributed by atoms with Crippen molar-refractivity contribution < 1.29 is 13.6 Å². The quantitative estimate of drug-likeness (QED) is 0.899. The van der Waals surface area contributed by atoms with Crippen LogP contribution in [0.15, 0.2) is 42.5 Å². The van der Waals surface area contributed by atoms with Gasteiger partial charge in [-0.05, 0) is 42.5 Å². The third-order valence-electron chi connectivity index (χ3n) is 2.45. The van der Waals surface area contributed by atoms with Crippen LogP contribution in [-0.4, -0.2) is 5.91 Å². The molecule has 1 N–H and O–H groups in total. The van der Waals surface area contributed by atoms with E-state index in [2.05, 4.69) is 5.32 Å². The second kappa shape index (κ2) is 5.27. The number of nitrogens with zero attached hydrogens (tertiary/aromatic N) is 1. The van der Waals surface area contributed by atoms with E-state index < -0.39 is 17.5 Å². The summed E-state index contributed by atoms with van der Waals surface area (Å²) >= 11 is 0. The first-order valence-corrected chi connectivity index (χ1v) is 5.37. The van der Waals surface area contributed by atoms with E-state index in [9.17, 15) is 13.6 Å². The minimum absolute atomic E-state index is 0.0340. The number of hydrogen-bond acceptors (Lipinski definition) is 2. The van der Waals surface area contributed by atoms with Crippen LogP contribution in [0.5, 0.6) is 0 Å². The number of nitriles is 1. The third-order valence-corrected chi connectivity index (χ3v) is 2.45. The summed E-state index contributed by atoms with van der Waals surface area (Å²) in [6, 6.07) is 10.4. The largest absolute Gasteiger partial charge is 0.319 e. The lowest BCUT2D eigenvalue weighted by molar-refractivity contribution is 0.102. The van der Waals surface area contributed by atoms with Gasteiger partial charge in [0, 0.05) is 5.56 Å². The Bertz CT molecular complexity index is 660. The van der Waals surface area contributed by atoms with E-state index in [1.807, 2.05) is 0 Å². The van der Waals surface area contributed by atoms with Gasteiger partial charge in [-0.25, -0.2) is 8.78 Å². The zero-order valence-electron chi connectivity index (χ0n) is 9.65. The maximum atomic E-state index is 13.6. The summed E-state index contributed by atoms with van der Waals surface area (Å²) in [5.74, 6) is -1.71. The van der Waals surface area contributed by atoms with Gasteiger partial charge >= 0.3 is 0 Å². The summed E-state index contributed by atoms with van der Waals surface area (Å²) in [4.78, 5) is 11.8. The first-order valence-electron chi connectivity index (χ1n) is 5.37. The van der Waals surface area contributed by atoms with Crippen LogP contribution >= 0.6 is 0 Å². The van der Waals surface area contributed by atoms with Crippen LogP contribution < -0.4 is 5.32 Å². The molecular weight excluding hydrogens is 250 g/mol. The lowest BCUT2D eigenvalue weighted by Gasteiger charge is -2.06. The maximum absolute atomic E-state index is 13.6. The van der Waals surface area contributed by atoms with Crippen LogP contribution in [0.1, 0.15) is 15.9 Å². The fourth-order valence-electron chi connectivity index (χ4n) is 1.48. The number of benzene rings is 2. The van der Waals surface area contributed by atoms with Crippen LogP contribution in [0.4, 0.5) is 14.5 Å². The molecule has 0 aliphatic carbocycles. The van der Waals surface area contributed by atoms with Crippen molar-refractivity contribution in [2.75, 3.05) is 5.32 Å². The summed E-state index contributed by atoms with van der Waals surface area (Å²) < 4.78 is 26.3. The minimum atomic E-state index is -0.700. The third kappa shape index (κ3) is 2.93. The Labute approximate surface area is 108 Å². The van der Waals surface area contributed by atoms with E-state index in [-0.39, 0.29) is 16.8 Å². The first-order chi connectivity index (χ1) is 9.10. The van der Waals surface area contributed by atoms with E-state index in [1.54, 1.807) is 6.07 Å². The van der Waals surface area contributed by atoms with Gasteiger partial charge in [-0.15, -0.1) is 0 Å². The Hall–Kier alpha value is -2.74. The van der Waals surface area contributed by atoms with Crippen molar-refractivity contribution in [2.24, 2.45) is 0 Å². The van der Waals surface area contributed by atoms with Crippen molar-refractivity contribution in [1.82, 2.24) is 0 Å². The Morgan fingerprint density at radius 1 is 1.11 bits per heavy atom. The molecule has 0 saturated heterocycles. The average Bonchev–Trinajstić information content (AvgIpc) is 2.41. The number of halogens is 2. The predicted molar refractivity (Wildman–Crippen MR) is 65.5 cm³/mol. The SMILES string of the molecule is N#Cc1ccc(NC(=O)c2ccc(F)cc2)c(F)c1. The van der Waals surface area contributed by atoms with E-state index in [0.29, 0.717) is 0 Å². The van der Waals surface area contributed by atoms with E-state index in [4.69, 9.17) is 5.26 Å². The molecule has 2 aromatic rings. The molecule has 0 bridgehead atoms. The molecule has 0 aliphatic heterocycles. The number of nitrogens with one attached hydrogen (secondary N) is 1. The fourth-order valence-corrected chi connectivity index (χ4v) is 1.48. The summed E-state index contributed by atoms with van der Waals surface area (Å²) in [7, 11) is 0. The van der Waals surface area contributed by atoms with Gasteiger partial charge in [-0.3, -0.25) is 4.79 Å². The molecule has 3 nitrogen and oxygen atoms in total. The van der Waals surface area contributed by atoms with Gasteiger partial charge in [0.05, 0.1) is 17.3 Å². The highest BCUT2D eigenvalue weighted by Gasteiger charge is 2.09. The Morgan fingerprint density at radius 3 is 2.37 bits per heavy atom. The van der Waals surface area contributed by atoms with E-state index >= 15 is 0 Å². The number of carbonyl (C=O) groups excluding carboxylic acids is 1. The number of rotatable bonds is 2. The van der Waals surface area contributed by atoms with Crippen LogP contribution in [0.2, 0.25) is 0 Å². The van der Waals surface area contributed by atoms with Gasteiger partial charge in [0.15, 0.2) is 0 Å². The van der Waals surface area contributed by atoms with Crippen molar-refractivity contribution >= 4 is 11.6 Å². The van der Waals surface area contributed by atoms with Crippen molar-refractivity contribution in [3.05, 3.63) is 65.2 Å². The summed E-state index contributed by atoms with van der Waals surface area (Å²) in [5, 5.41) is 11.0. The van der Waals surface area contributed by atoms with Gasteiger partial charge in [-0.1, -0.05) is 0 Å². The molecule has 0 heterocycles. The maximum Gasteiger partial charge on any atom is 0.255 e. The second-order valence-electron chi connectivity index (χ2n) is 3.77. The lowest BCUT2D eigenvalue weighted by Crippen LogP contribution is -2.13. The monoisotopic (exact) mass is 258 g/mol. The molecule has 0 fully saturated rings. The molecule has 0 spiro atoms. The molecule has 0 aliphatic rings. The van der Waals surface area contributed by atoms with Crippen molar-refractivity contribution in [2.45, 2.75) is 0 Å². The van der Waals surface area contributed by atoms with Crippen LogP contribution in [0.25, 0.3) is 0 Å². The molecule has 0 saturated carbocycles. The summed E-state index contributed by atoms with van der Waals surface area (Å²) in [6.45, 7) is 0. The van der Waals surface area contributed by atoms with Crippen molar-refractivity contribution in [3.63, 3.8) is 0 Å². The number of hydrogen-bond donors (Lipinski definition) is 1. The van der Waals surface area contributed by atoms with E-state index in [1.165, 1.54) is 24.3 Å². The second-order valence-corrected chi connectivity index (χ2v) is 3.77. The highest BCUT2D eigenvalue weighted by atomic mass is 19.1. The fraction of sp³-hybridized carbons (Fsp3) is 0. The van der Waals surface area contributed by atoms with Crippen molar-refractivity contribution in [3.8, 4) is 6.07 Å². The standard InChI is InChI=1S/C14H8F2N2O/c15-11-4-2-10(3-5-11)14(19)18-13-6-1-9(8-17)7-12(13)16/h1-7H,(H,18,19). The molecule has 1 amide bonds. The Morgan fingerprint density at radius 2 is 1.79 bits per heavy atom. The van der Waals surface area contributed by atoms with Gasteiger partial charge in [0.2, 0.25) is 0 Å². The molecule has 0 unspecified atom stereocenters. The molecular formula is C14H8F2N2O. The Kier molecular flexibility index (Phi) is 3.53. The molecule has 2 aromatic carbocycles. The molecule has 94 valence electrons. The van der Waals surface area contributed by atoms with Crippen molar-refractivity contribution in [1.29, 1.82) is 5.26 Å². The molecule has 0 radical (unpaired) electrons. The molecule has 0 atom stereocenters. The van der Waals surface area contributed by atoms with Crippen LogP contribution in [-0.2, 0) is 0 Å². The highest BCUT2D eigenvalue weighted by molar-refractivity contribution is 6.04. The van der Waals surface area contributed by atoms with Gasteiger partial charge in [0.1, 0.15) is 11.6 Å². The summed E-state index contributed by atoms with van der Waals surface area (Å²) in [6.07, 6.45) is 0. The topological polar surface area (TPSA) is 52.9 Å². The smallest absolute Gasteiger partial charge is 0.255 e. The lowest BCUT2D eigenvalue weighted by atomic mass is 10.2. The highest BCUT2D eigenvalue weighted by Crippen LogP contribution is 2.16. The molecule has 19 heavy (non-hydrogen) atoms. The molecule has 5 heteroatoms. The zero-order chi connectivity index (χ0) is 13.8.